The van der Waals surface area contributed by atoms with Gasteiger partial charge < -0.3 is 14.2 Å². The molecular weight excluding hydrogens is 364 g/mol. The lowest BCUT2D eigenvalue weighted by atomic mass is 10.3. The Balaban J connectivity index is 1.43. The van der Waals surface area contributed by atoms with Crippen molar-refractivity contribution in [2.75, 3.05) is 13.2 Å². The summed E-state index contributed by atoms with van der Waals surface area (Å²) in [6.07, 6.45) is 2.67. The Morgan fingerprint density at radius 1 is 1.07 bits per heavy atom. The van der Waals surface area contributed by atoms with E-state index in [-0.39, 0.29) is 13.2 Å². The molecule has 1 aromatic carbocycles. The van der Waals surface area contributed by atoms with Crippen LogP contribution < -0.4 is 9.47 Å². The second-order valence-electron chi connectivity index (χ2n) is 5.63. The van der Waals surface area contributed by atoms with E-state index in [9.17, 15) is 4.79 Å². The zero-order valence-corrected chi connectivity index (χ0v) is 15.8. The van der Waals surface area contributed by atoms with Crippen molar-refractivity contribution >= 4 is 17.3 Å². The van der Waals surface area contributed by atoms with Gasteiger partial charge in [0, 0.05) is 11.6 Å². The van der Waals surface area contributed by atoms with Crippen LogP contribution >= 0.6 is 11.3 Å². The predicted molar refractivity (Wildman–Crippen MR) is 103 cm³/mol. The van der Waals surface area contributed by atoms with Crippen LogP contribution in [0.4, 0.5) is 0 Å². The highest BCUT2D eigenvalue weighted by molar-refractivity contribution is 7.13. The molecule has 3 aromatic rings. The fourth-order valence-corrected chi connectivity index (χ4v) is 2.95. The van der Waals surface area contributed by atoms with Crippen molar-refractivity contribution in [2.24, 2.45) is 0 Å². The summed E-state index contributed by atoms with van der Waals surface area (Å²) >= 11 is 1.46. The molecule has 0 aliphatic rings. The number of pyridine rings is 1. The highest BCUT2D eigenvalue weighted by Gasteiger charge is 2.09. The summed E-state index contributed by atoms with van der Waals surface area (Å²) in [4.78, 5) is 20.5. The number of carbonyl (C=O) groups excluding carboxylic acids is 1. The second-order valence-corrected chi connectivity index (χ2v) is 6.49. The van der Waals surface area contributed by atoms with E-state index in [1.54, 1.807) is 18.3 Å². The lowest BCUT2D eigenvalue weighted by Crippen LogP contribution is -2.14. The average Bonchev–Trinajstić information content (AvgIpc) is 3.20. The van der Waals surface area contributed by atoms with Gasteiger partial charge >= 0.3 is 5.97 Å². The van der Waals surface area contributed by atoms with E-state index in [4.69, 9.17) is 14.2 Å². The molecule has 0 unspecified atom stereocenters. The van der Waals surface area contributed by atoms with Crippen molar-refractivity contribution in [1.29, 1.82) is 0 Å². The monoisotopic (exact) mass is 384 g/mol. The topological polar surface area (TPSA) is 70.5 Å². The van der Waals surface area contributed by atoms with Gasteiger partial charge in [-0.2, -0.15) is 0 Å². The molecule has 2 aromatic heterocycles. The number of esters is 1. The zero-order chi connectivity index (χ0) is 18.9. The minimum atomic E-state index is -0.450. The molecule has 0 saturated carbocycles. The van der Waals surface area contributed by atoms with Crippen LogP contribution in [0.3, 0.4) is 0 Å². The van der Waals surface area contributed by atoms with Crippen molar-refractivity contribution in [2.45, 2.75) is 20.0 Å². The van der Waals surface area contributed by atoms with Crippen LogP contribution in [0.15, 0.2) is 54.0 Å². The maximum atomic E-state index is 11.9. The van der Waals surface area contributed by atoms with Gasteiger partial charge in [0.1, 0.15) is 23.1 Å². The summed E-state index contributed by atoms with van der Waals surface area (Å²) in [5, 5.41) is 2.65. The molecule has 0 aliphatic carbocycles. The molecule has 0 fully saturated rings. The number of rotatable bonds is 9. The van der Waals surface area contributed by atoms with E-state index in [0.29, 0.717) is 18.1 Å². The van der Waals surface area contributed by atoms with E-state index < -0.39 is 5.97 Å². The first-order valence-corrected chi connectivity index (χ1v) is 9.49. The first kappa shape index (κ1) is 18.8. The average molecular weight is 384 g/mol. The van der Waals surface area contributed by atoms with Crippen molar-refractivity contribution in [3.8, 4) is 22.2 Å². The molecule has 27 heavy (non-hydrogen) atoms. The summed E-state index contributed by atoms with van der Waals surface area (Å²) in [5.41, 5.74) is 1.49. The first-order chi connectivity index (χ1) is 13.2. The molecule has 0 amide bonds. The predicted octanol–water partition coefficient (Wildman–Crippen LogP) is 4.12. The molecule has 3 rings (SSSR count). The van der Waals surface area contributed by atoms with Crippen molar-refractivity contribution in [3.05, 3.63) is 59.7 Å². The van der Waals surface area contributed by atoms with Crippen LogP contribution in [0.1, 0.15) is 19.0 Å². The minimum absolute atomic E-state index is 0.106. The minimum Gasteiger partial charge on any atom is -0.494 e. The third-order valence-electron chi connectivity index (χ3n) is 3.47. The van der Waals surface area contributed by atoms with Gasteiger partial charge in [-0.3, -0.25) is 4.98 Å². The molecular formula is C20H20N2O4S. The molecule has 0 saturated heterocycles. The lowest BCUT2D eigenvalue weighted by Gasteiger charge is -2.08. The number of ether oxygens (including phenoxy) is 3. The summed E-state index contributed by atoms with van der Waals surface area (Å²) in [6.45, 7) is 2.67. The zero-order valence-electron chi connectivity index (χ0n) is 15.0. The van der Waals surface area contributed by atoms with Gasteiger partial charge in [-0.25, -0.2) is 9.78 Å². The van der Waals surface area contributed by atoms with Gasteiger partial charge in [0.2, 0.25) is 0 Å². The van der Waals surface area contributed by atoms with Crippen LogP contribution in [-0.4, -0.2) is 29.2 Å². The molecule has 7 heteroatoms. The summed E-state index contributed by atoms with van der Waals surface area (Å²) < 4.78 is 16.1. The summed E-state index contributed by atoms with van der Waals surface area (Å²) in [6, 6.07) is 12.8. The molecule has 0 spiro atoms. The Morgan fingerprint density at radius 2 is 1.85 bits per heavy atom. The fraction of sp³-hybridized carbons (Fsp3) is 0.250. The molecule has 0 bridgehead atoms. The number of benzene rings is 1. The van der Waals surface area contributed by atoms with Crippen LogP contribution in [0.25, 0.3) is 10.7 Å². The van der Waals surface area contributed by atoms with Crippen molar-refractivity contribution in [3.63, 3.8) is 0 Å². The largest absolute Gasteiger partial charge is 0.494 e. The van der Waals surface area contributed by atoms with Crippen LogP contribution in [0.5, 0.6) is 11.5 Å². The first-order valence-electron chi connectivity index (χ1n) is 8.61. The quantitative estimate of drug-likeness (QED) is 0.517. The van der Waals surface area contributed by atoms with Gasteiger partial charge in [0.05, 0.1) is 18.0 Å². The Kier molecular flexibility index (Phi) is 6.76. The highest BCUT2D eigenvalue weighted by Crippen LogP contribution is 2.22. The third-order valence-corrected chi connectivity index (χ3v) is 4.38. The number of carbonyl (C=O) groups is 1. The Bertz CT molecular complexity index is 850. The van der Waals surface area contributed by atoms with Gasteiger partial charge in [-0.1, -0.05) is 13.0 Å². The number of hydrogen-bond acceptors (Lipinski definition) is 7. The Hall–Kier alpha value is -2.93. The second kappa shape index (κ2) is 9.68. The smallest absolute Gasteiger partial charge is 0.344 e. The van der Waals surface area contributed by atoms with Gasteiger partial charge in [-0.05, 0) is 42.8 Å². The van der Waals surface area contributed by atoms with Crippen LogP contribution in [-0.2, 0) is 16.1 Å². The van der Waals surface area contributed by atoms with E-state index in [2.05, 4.69) is 9.97 Å². The molecule has 0 atom stereocenters. The van der Waals surface area contributed by atoms with E-state index in [0.717, 1.165) is 22.9 Å². The molecule has 0 N–H and O–H groups in total. The normalized spacial score (nSPS) is 10.4. The lowest BCUT2D eigenvalue weighted by molar-refractivity contribution is -0.147. The number of nitrogens with zero attached hydrogens (tertiary/aromatic N) is 2. The highest BCUT2D eigenvalue weighted by atomic mass is 32.1. The van der Waals surface area contributed by atoms with Crippen LogP contribution in [0, 0.1) is 0 Å². The van der Waals surface area contributed by atoms with Crippen molar-refractivity contribution in [1.82, 2.24) is 9.97 Å². The SMILES string of the molecule is CCCOc1ccc(OCC(=O)OCc2csc(-c3ccccn3)n2)cc1. The Labute approximate surface area is 161 Å². The maximum absolute atomic E-state index is 11.9. The van der Waals surface area contributed by atoms with Gasteiger partial charge in [0.15, 0.2) is 6.61 Å². The van der Waals surface area contributed by atoms with E-state index >= 15 is 0 Å². The maximum Gasteiger partial charge on any atom is 0.344 e. The van der Waals surface area contributed by atoms with Gasteiger partial charge in [-0.15, -0.1) is 11.3 Å². The van der Waals surface area contributed by atoms with Crippen LogP contribution in [0.2, 0.25) is 0 Å². The molecule has 2 heterocycles. The van der Waals surface area contributed by atoms with Gasteiger partial charge in [0.25, 0.3) is 0 Å². The van der Waals surface area contributed by atoms with Crippen molar-refractivity contribution < 1.29 is 19.0 Å². The summed E-state index contributed by atoms with van der Waals surface area (Å²) in [7, 11) is 0. The molecule has 0 radical (unpaired) electrons. The van der Waals surface area contributed by atoms with E-state index in [1.807, 2.05) is 42.6 Å². The number of thiazole rings is 1. The number of hydrogen-bond donors (Lipinski definition) is 0. The fourth-order valence-electron chi connectivity index (χ4n) is 2.17. The number of aromatic nitrogens is 2. The Morgan fingerprint density at radius 3 is 2.56 bits per heavy atom. The molecule has 6 nitrogen and oxygen atoms in total. The molecule has 0 aliphatic heterocycles. The van der Waals surface area contributed by atoms with E-state index in [1.165, 1.54) is 11.3 Å². The summed E-state index contributed by atoms with van der Waals surface area (Å²) in [5.74, 6) is 0.912. The third kappa shape index (κ3) is 5.79. The standard InChI is InChI=1S/C20H20N2O4S/c1-2-11-24-16-6-8-17(9-7-16)25-13-19(23)26-12-15-14-27-20(22-15)18-5-3-4-10-21-18/h3-10,14H,2,11-13H2,1H3. The molecule has 140 valence electrons.